The van der Waals surface area contributed by atoms with Crippen LogP contribution in [0, 0.1) is 0 Å². The van der Waals surface area contributed by atoms with E-state index >= 15 is 0 Å². The number of aliphatic hydroxyl groups excluding tert-OH is 1. The van der Waals surface area contributed by atoms with Crippen LogP contribution in [0.25, 0.3) is 0 Å². The number of aromatic nitrogens is 2. The zero-order valence-corrected chi connectivity index (χ0v) is 13.3. The molecule has 22 heavy (non-hydrogen) atoms. The Balaban J connectivity index is 1.86. The first-order valence-electron chi connectivity index (χ1n) is 8.22. The standard InChI is InChI=1S/C16H25N3O3/c1-10(2)18-6-3-11(4-7-18)15-17-14(16(21)22)13-9-12(20)5-8-19(13)15/h10-12,20H,3-9H2,1-2H3,(H,21,22). The van der Waals surface area contributed by atoms with E-state index in [1.807, 2.05) is 0 Å². The highest BCUT2D eigenvalue weighted by Gasteiger charge is 2.32. The van der Waals surface area contributed by atoms with Crippen molar-refractivity contribution in [2.45, 2.75) is 64.1 Å². The van der Waals surface area contributed by atoms with Gasteiger partial charge in [0, 0.05) is 24.9 Å². The molecule has 0 spiro atoms. The van der Waals surface area contributed by atoms with Gasteiger partial charge >= 0.3 is 5.97 Å². The Morgan fingerprint density at radius 3 is 2.50 bits per heavy atom. The molecule has 3 rings (SSSR count). The van der Waals surface area contributed by atoms with Crippen molar-refractivity contribution in [3.05, 3.63) is 17.2 Å². The van der Waals surface area contributed by atoms with Crippen molar-refractivity contribution in [2.24, 2.45) is 0 Å². The average molecular weight is 307 g/mol. The quantitative estimate of drug-likeness (QED) is 0.884. The number of aliphatic hydroxyl groups is 1. The van der Waals surface area contributed by atoms with Crippen LogP contribution >= 0.6 is 0 Å². The number of hydrogen-bond acceptors (Lipinski definition) is 4. The first-order valence-corrected chi connectivity index (χ1v) is 8.22. The lowest BCUT2D eigenvalue weighted by Gasteiger charge is -2.35. The molecule has 2 aliphatic rings. The number of piperidine rings is 1. The number of fused-ring (bicyclic) bond motifs is 1. The largest absolute Gasteiger partial charge is 0.476 e. The van der Waals surface area contributed by atoms with Crippen molar-refractivity contribution in [3.8, 4) is 0 Å². The Bertz CT molecular complexity index is 559. The first kappa shape index (κ1) is 15.5. The van der Waals surface area contributed by atoms with Gasteiger partial charge in [-0.2, -0.15) is 0 Å². The van der Waals surface area contributed by atoms with Crippen LogP contribution in [0.1, 0.15) is 61.0 Å². The molecule has 0 radical (unpaired) electrons. The van der Waals surface area contributed by atoms with Crippen molar-refractivity contribution < 1.29 is 15.0 Å². The number of likely N-dealkylation sites (tertiary alicyclic amines) is 1. The van der Waals surface area contributed by atoms with Gasteiger partial charge in [-0.15, -0.1) is 0 Å². The second-order valence-corrected chi connectivity index (χ2v) is 6.77. The maximum absolute atomic E-state index is 11.5. The van der Waals surface area contributed by atoms with Crippen LogP contribution in [-0.2, 0) is 13.0 Å². The first-order chi connectivity index (χ1) is 10.5. The minimum absolute atomic E-state index is 0.139. The molecule has 1 fully saturated rings. The normalized spacial score (nSPS) is 23.7. The van der Waals surface area contributed by atoms with Crippen LogP contribution in [0.4, 0.5) is 0 Å². The Morgan fingerprint density at radius 2 is 1.91 bits per heavy atom. The van der Waals surface area contributed by atoms with Gasteiger partial charge in [0.1, 0.15) is 5.82 Å². The second kappa shape index (κ2) is 6.01. The number of carboxylic acids is 1. The molecule has 1 aromatic heterocycles. The van der Waals surface area contributed by atoms with Crippen molar-refractivity contribution in [1.82, 2.24) is 14.5 Å². The molecule has 6 nitrogen and oxygen atoms in total. The SMILES string of the molecule is CC(C)N1CCC(c2nc(C(=O)O)c3n2CCC(O)C3)CC1. The molecular formula is C16H25N3O3. The third kappa shape index (κ3) is 2.77. The third-order valence-electron chi connectivity index (χ3n) is 5.04. The molecule has 2 aliphatic heterocycles. The van der Waals surface area contributed by atoms with E-state index in [2.05, 4.69) is 28.3 Å². The van der Waals surface area contributed by atoms with Crippen LogP contribution in [0.3, 0.4) is 0 Å². The summed E-state index contributed by atoms with van der Waals surface area (Å²) < 4.78 is 2.06. The summed E-state index contributed by atoms with van der Waals surface area (Å²) >= 11 is 0. The van der Waals surface area contributed by atoms with Gasteiger partial charge in [-0.05, 0) is 46.2 Å². The van der Waals surface area contributed by atoms with E-state index in [0.29, 0.717) is 37.0 Å². The van der Waals surface area contributed by atoms with Crippen LogP contribution in [0.5, 0.6) is 0 Å². The highest BCUT2D eigenvalue weighted by Crippen LogP contribution is 2.32. The number of carbonyl (C=O) groups is 1. The second-order valence-electron chi connectivity index (χ2n) is 6.77. The average Bonchev–Trinajstić information content (AvgIpc) is 2.86. The maximum atomic E-state index is 11.5. The minimum atomic E-state index is -0.983. The van der Waals surface area contributed by atoms with E-state index in [1.165, 1.54) is 0 Å². The molecule has 0 saturated carbocycles. The molecule has 1 atom stereocenters. The van der Waals surface area contributed by atoms with Gasteiger partial charge in [-0.3, -0.25) is 0 Å². The summed E-state index contributed by atoms with van der Waals surface area (Å²) in [6, 6.07) is 0.555. The highest BCUT2D eigenvalue weighted by atomic mass is 16.4. The van der Waals surface area contributed by atoms with Crippen molar-refractivity contribution in [2.75, 3.05) is 13.1 Å². The maximum Gasteiger partial charge on any atom is 0.356 e. The zero-order chi connectivity index (χ0) is 15.9. The minimum Gasteiger partial charge on any atom is -0.476 e. The van der Waals surface area contributed by atoms with E-state index in [-0.39, 0.29) is 5.69 Å². The Kier molecular flexibility index (Phi) is 4.23. The monoisotopic (exact) mass is 307 g/mol. The van der Waals surface area contributed by atoms with E-state index in [0.717, 1.165) is 31.8 Å². The van der Waals surface area contributed by atoms with Gasteiger partial charge in [-0.1, -0.05) is 0 Å². The predicted molar refractivity (Wildman–Crippen MR) is 82.2 cm³/mol. The molecule has 1 aromatic rings. The molecule has 122 valence electrons. The molecule has 1 saturated heterocycles. The fraction of sp³-hybridized carbons (Fsp3) is 0.750. The molecule has 6 heteroatoms. The van der Waals surface area contributed by atoms with Crippen molar-refractivity contribution >= 4 is 5.97 Å². The zero-order valence-electron chi connectivity index (χ0n) is 13.3. The van der Waals surface area contributed by atoms with E-state index in [4.69, 9.17) is 0 Å². The lowest BCUT2D eigenvalue weighted by atomic mass is 9.94. The molecule has 0 bridgehead atoms. The number of hydrogen-bond donors (Lipinski definition) is 2. The molecule has 0 amide bonds. The topological polar surface area (TPSA) is 78.6 Å². The third-order valence-corrected chi connectivity index (χ3v) is 5.04. The number of nitrogens with zero attached hydrogens (tertiary/aromatic N) is 3. The van der Waals surface area contributed by atoms with Gasteiger partial charge in [-0.25, -0.2) is 9.78 Å². The fourth-order valence-corrected chi connectivity index (χ4v) is 3.72. The number of aromatic carboxylic acids is 1. The van der Waals surface area contributed by atoms with Crippen molar-refractivity contribution in [3.63, 3.8) is 0 Å². The Hall–Kier alpha value is -1.40. The Morgan fingerprint density at radius 1 is 1.23 bits per heavy atom. The lowest BCUT2D eigenvalue weighted by Crippen LogP contribution is -2.38. The van der Waals surface area contributed by atoms with Crippen LogP contribution in [-0.4, -0.2) is 55.9 Å². The van der Waals surface area contributed by atoms with Crippen molar-refractivity contribution in [1.29, 1.82) is 0 Å². The van der Waals surface area contributed by atoms with Gasteiger partial charge in [0.2, 0.25) is 0 Å². The number of carboxylic acid groups (broad SMARTS) is 1. The summed E-state index contributed by atoms with van der Waals surface area (Å²) in [5, 5.41) is 19.2. The van der Waals surface area contributed by atoms with Crippen LogP contribution < -0.4 is 0 Å². The van der Waals surface area contributed by atoms with Gasteiger partial charge < -0.3 is 19.7 Å². The predicted octanol–water partition coefficient (Wildman–Crippen LogP) is 1.48. The smallest absolute Gasteiger partial charge is 0.356 e. The number of imidazole rings is 1. The van der Waals surface area contributed by atoms with E-state index in [9.17, 15) is 15.0 Å². The van der Waals surface area contributed by atoms with E-state index in [1.54, 1.807) is 0 Å². The summed E-state index contributed by atoms with van der Waals surface area (Å²) in [7, 11) is 0. The summed E-state index contributed by atoms with van der Waals surface area (Å²) in [4.78, 5) is 18.4. The summed E-state index contributed by atoms with van der Waals surface area (Å²) in [6.07, 6.45) is 2.68. The molecular weight excluding hydrogens is 282 g/mol. The summed E-state index contributed by atoms with van der Waals surface area (Å²) in [5.74, 6) is 0.267. The van der Waals surface area contributed by atoms with Gasteiger partial charge in [0.05, 0.1) is 11.8 Å². The lowest BCUT2D eigenvalue weighted by molar-refractivity contribution is 0.0687. The molecule has 0 aromatic carbocycles. The molecule has 0 aliphatic carbocycles. The molecule has 3 heterocycles. The molecule has 1 unspecified atom stereocenters. The summed E-state index contributed by atoms with van der Waals surface area (Å²) in [5.41, 5.74) is 0.840. The van der Waals surface area contributed by atoms with Gasteiger partial charge in [0.25, 0.3) is 0 Å². The fourth-order valence-electron chi connectivity index (χ4n) is 3.72. The summed E-state index contributed by atoms with van der Waals surface area (Å²) in [6.45, 7) is 7.17. The van der Waals surface area contributed by atoms with Gasteiger partial charge in [0.15, 0.2) is 5.69 Å². The highest BCUT2D eigenvalue weighted by molar-refractivity contribution is 5.87. The van der Waals surface area contributed by atoms with Crippen LogP contribution in [0.15, 0.2) is 0 Å². The number of rotatable bonds is 3. The van der Waals surface area contributed by atoms with E-state index < -0.39 is 12.1 Å². The Labute approximate surface area is 130 Å². The molecule has 2 N–H and O–H groups in total. The van der Waals surface area contributed by atoms with Crippen LogP contribution in [0.2, 0.25) is 0 Å².